The number of oxazole rings is 1. The first kappa shape index (κ1) is 14.7. The maximum atomic E-state index is 12.5. The summed E-state index contributed by atoms with van der Waals surface area (Å²) < 4.78 is 10.5. The molecular formula is C15H20N4O3. The molecule has 1 fully saturated rings. The van der Waals surface area contributed by atoms with Crippen LogP contribution in [0.3, 0.4) is 0 Å². The lowest BCUT2D eigenvalue weighted by molar-refractivity contribution is 0.0688. The zero-order valence-corrected chi connectivity index (χ0v) is 13.1. The van der Waals surface area contributed by atoms with E-state index in [4.69, 9.17) is 8.94 Å². The SMILES string of the molecule is Cc1ocnc1C(=O)N1CCC[C@@H](c2nc(C(C)C)no2)C1. The first-order valence-corrected chi connectivity index (χ1v) is 7.59. The molecule has 7 nitrogen and oxygen atoms in total. The molecule has 2 aromatic heterocycles. The first-order chi connectivity index (χ1) is 10.6. The fourth-order valence-electron chi connectivity index (χ4n) is 2.67. The van der Waals surface area contributed by atoms with E-state index in [0.29, 0.717) is 36.3 Å². The van der Waals surface area contributed by atoms with Gasteiger partial charge in [0, 0.05) is 19.0 Å². The highest BCUT2D eigenvalue weighted by Gasteiger charge is 2.30. The van der Waals surface area contributed by atoms with Crippen molar-refractivity contribution < 1.29 is 13.7 Å². The van der Waals surface area contributed by atoms with Gasteiger partial charge in [0.05, 0.1) is 5.92 Å². The Morgan fingerprint density at radius 1 is 1.45 bits per heavy atom. The monoisotopic (exact) mass is 304 g/mol. The van der Waals surface area contributed by atoms with E-state index in [0.717, 1.165) is 12.8 Å². The lowest BCUT2D eigenvalue weighted by atomic mass is 9.97. The number of hydrogen-bond donors (Lipinski definition) is 0. The van der Waals surface area contributed by atoms with Crippen molar-refractivity contribution in [2.45, 2.75) is 45.4 Å². The van der Waals surface area contributed by atoms with Crippen LogP contribution in [0.4, 0.5) is 0 Å². The summed E-state index contributed by atoms with van der Waals surface area (Å²) in [6.07, 6.45) is 3.16. The van der Waals surface area contributed by atoms with Crippen molar-refractivity contribution in [1.29, 1.82) is 0 Å². The maximum Gasteiger partial charge on any atom is 0.276 e. The van der Waals surface area contributed by atoms with Gasteiger partial charge in [-0.2, -0.15) is 4.98 Å². The number of rotatable bonds is 3. The Balaban J connectivity index is 1.73. The number of aryl methyl sites for hydroxylation is 1. The largest absolute Gasteiger partial charge is 0.448 e. The fraction of sp³-hybridized carbons (Fsp3) is 0.600. The number of carbonyl (C=O) groups excluding carboxylic acids is 1. The predicted octanol–water partition coefficient (Wildman–Crippen LogP) is 2.51. The third-order valence-electron chi connectivity index (χ3n) is 3.98. The topological polar surface area (TPSA) is 85.3 Å². The van der Waals surface area contributed by atoms with E-state index < -0.39 is 0 Å². The van der Waals surface area contributed by atoms with Gasteiger partial charge >= 0.3 is 0 Å². The van der Waals surface area contributed by atoms with E-state index in [1.807, 2.05) is 13.8 Å². The highest BCUT2D eigenvalue weighted by Crippen LogP contribution is 2.27. The van der Waals surface area contributed by atoms with Gasteiger partial charge in [0.25, 0.3) is 5.91 Å². The molecule has 1 saturated heterocycles. The molecule has 0 spiro atoms. The van der Waals surface area contributed by atoms with Crippen molar-refractivity contribution in [1.82, 2.24) is 20.0 Å². The normalized spacial score (nSPS) is 18.9. The summed E-state index contributed by atoms with van der Waals surface area (Å²) in [5.41, 5.74) is 0.383. The number of aromatic nitrogens is 3. The molecule has 22 heavy (non-hydrogen) atoms. The molecule has 118 valence electrons. The minimum atomic E-state index is -0.0976. The number of hydrogen-bond acceptors (Lipinski definition) is 6. The van der Waals surface area contributed by atoms with Gasteiger partial charge in [0.1, 0.15) is 5.76 Å². The Kier molecular flexibility index (Phi) is 3.96. The number of amides is 1. The van der Waals surface area contributed by atoms with E-state index in [1.54, 1.807) is 11.8 Å². The van der Waals surface area contributed by atoms with Gasteiger partial charge in [-0.25, -0.2) is 4.98 Å². The zero-order valence-electron chi connectivity index (χ0n) is 13.1. The molecule has 0 radical (unpaired) electrons. The van der Waals surface area contributed by atoms with Crippen LogP contribution in [0.1, 0.15) is 66.5 Å². The van der Waals surface area contributed by atoms with Crippen molar-refractivity contribution >= 4 is 5.91 Å². The fourth-order valence-corrected chi connectivity index (χ4v) is 2.67. The lowest BCUT2D eigenvalue weighted by Gasteiger charge is -2.30. The second kappa shape index (κ2) is 5.90. The minimum absolute atomic E-state index is 0.0879. The van der Waals surface area contributed by atoms with Crippen LogP contribution < -0.4 is 0 Å². The molecule has 1 amide bonds. The Labute approximate surface area is 128 Å². The van der Waals surface area contributed by atoms with Crippen molar-refractivity contribution in [3.05, 3.63) is 29.6 Å². The molecule has 0 unspecified atom stereocenters. The summed E-state index contributed by atoms with van der Waals surface area (Å²) in [6.45, 7) is 7.09. The highest BCUT2D eigenvalue weighted by molar-refractivity contribution is 5.93. The van der Waals surface area contributed by atoms with E-state index in [1.165, 1.54) is 6.39 Å². The molecule has 0 aromatic carbocycles. The predicted molar refractivity (Wildman–Crippen MR) is 77.5 cm³/mol. The number of piperidine rings is 1. The summed E-state index contributed by atoms with van der Waals surface area (Å²) in [5.74, 6) is 2.11. The molecule has 0 saturated carbocycles. The molecule has 7 heteroatoms. The van der Waals surface area contributed by atoms with Crippen LogP contribution in [0, 0.1) is 6.92 Å². The Morgan fingerprint density at radius 2 is 2.27 bits per heavy atom. The van der Waals surface area contributed by atoms with Crippen molar-refractivity contribution in [3.8, 4) is 0 Å². The zero-order chi connectivity index (χ0) is 15.7. The van der Waals surface area contributed by atoms with E-state index in [-0.39, 0.29) is 17.7 Å². The van der Waals surface area contributed by atoms with Crippen LogP contribution in [0.5, 0.6) is 0 Å². The van der Waals surface area contributed by atoms with Crippen molar-refractivity contribution in [2.75, 3.05) is 13.1 Å². The quantitative estimate of drug-likeness (QED) is 0.866. The molecule has 3 heterocycles. The summed E-state index contributed by atoms with van der Waals surface area (Å²) >= 11 is 0. The highest BCUT2D eigenvalue weighted by atomic mass is 16.5. The van der Waals surface area contributed by atoms with Crippen LogP contribution in [-0.2, 0) is 0 Å². The first-order valence-electron chi connectivity index (χ1n) is 7.59. The lowest BCUT2D eigenvalue weighted by Crippen LogP contribution is -2.39. The number of nitrogens with zero attached hydrogens (tertiary/aromatic N) is 4. The number of likely N-dealkylation sites (tertiary alicyclic amines) is 1. The molecular weight excluding hydrogens is 284 g/mol. The molecule has 0 bridgehead atoms. The van der Waals surface area contributed by atoms with Crippen LogP contribution in [0.2, 0.25) is 0 Å². The maximum absolute atomic E-state index is 12.5. The molecule has 2 aromatic rings. The molecule has 3 rings (SSSR count). The summed E-state index contributed by atoms with van der Waals surface area (Å²) in [5, 5.41) is 4.01. The smallest absolute Gasteiger partial charge is 0.276 e. The second-order valence-corrected chi connectivity index (χ2v) is 5.99. The summed E-state index contributed by atoms with van der Waals surface area (Å²) in [4.78, 5) is 22.8. The minimum Gasteiger partial charge on any atom is -0.448 e. The van der Waals surface area contributed by atoms with Gasteiger partial charge < -0.3 is 13.8 Å². The van der Waals surface area contributed by atoms with E-state index >= 15 is 0 Å². The van der Waals surface area contributed by atoms with E-state index in [2.05, 4.69) is 15.1 Å². The summed E-state index contributed by atoms with van der Waals surface area (Å²) in [6, 6.07) is 0. The van der Waals surface area contributed by atoms with Crippen molar-refractivity contribution in [2.24, 2.45) is 0 Å². The van der Waals surface area contributed by atoms with Gasteiger partial charge in [-0.15, -0.1) is 0 Å². The van der Waals surface area contributed by atoms with Crippen LogP contribution >= 0.6 is 0 Å². The average Bonchev–Trinajstić information content (AvgIpc) is 3.15. The van der Waals surface area contributed by atoms with E-state index in [9.17, 15) is 4.79 Å². The Morgan fingerprint density at radius 3 is 2.91 bits per heavy atom. The Hall–Kier alpha value is -2.18. The number of carbonyl (C=O) groups is 1. The van der Waals surface area contributed by atoms with Gasteiger partial charge in [0.2, 0.25) is 5.89 Å². The van der Waals surface area contributed by atoms with Crippen LogP contribution in [0.25, 0.3) is 0 Å². The van der Waals surface area contributed by atoms with Crippen molar-refractivity contribution in [3.63, 3.8) is 0 Å². The molecule has 1 atom stereocenters. The molecule has 1 aliphatic rings. The average molecular weight is 304 g/mol. The standard InChI is InChI=1S/C15H20N4O3/c1-9(2)13-17-14(22-18-13)11-5-4-6-19(7-11)15(20)12-10(3)21-8-16-12/h8-9,11H,4-7H2,1-3H3/t11-/m1/s1. The van der Waals surface area contributed by atoms with Gasteiger partial charge in [0.15, 0.2) is 17.9 Å². The van der Waals surface area contributed by atoms with Gasteiger partial charge in [-0.05, 0) is 19.8 Å². The third kappa shape index (κ3) is 2.75. The molecule has 0 N–H and O–H groups in total. The Bertz CT molecular complexity index is 661. The molecule has 0 aliphatic carbocycles. The van der Waals surface area contributed by atoms with Gasteiger partial charge in [-0.3, -0.25) is 4.79 Å². The van der Waals surface area contributed by atoms with Crippen LogP contribution in [-0.4, -0.2) is 39.0 Å². The summed E-state index contributed by atoms with van der Waals surface area (Å²) in [7, 11) is 0. The second-order valence-electron chi connectivity index (χ2n) is 5.99. The third-order valence-corrected chi connectivity index (χ3v) is 3.98. The molecule has 1 aliphatic heterocycles. The van der Waals surface area contributed by atoms with Gasteiger partial charge in [-0.1, -0.05) is 19.0 Å². The van der Waals surface area contributed by atoms with Crippen LogP contribution in [0.15, 0.2) is 15.3 Å².